The molecule has 2 nitrogen and oxygen atoms in total. The number of hydrogen-bond acceptors (Lipinski definition) is 2. The van der Waals surface area contributed by atoms with E-state index in [1.807, 2.05) is 12.1 Å². The van der Waals surface area contributed by atoms with Crippen LogP contribution in [-0.4, -0.2) is 16.8 Å². The zero-order valence-electron chi connectivity index (χ0n) is 15.8. The number of carbonyl (C=O) groups is 1. The summed E-state index contributed by atoms with van der Waals surface area (Å²) in [6.45, 7) is 8.63. The second-order valence-corrected chi connectivity index (χ2v) is 7.63. The minimum Gasteiger partial charge on any atom is -0.478 e. The highest BCUT2D eigenvalue weighted by atomic mass is 32.2. The molecule has 0 radical (unpaired) electrons. The summed E-state index contributed by atoms with van der Waals surface area (Å²) >= 11 is 1.58. The molecule has 0 aliphatic heterocycles. The zero-order valence-corrected chi connectivity index (χ0v) is 16.7. The predicted molar refractivity (Wildman–Crippen MR) is 110 cm³/mol. The van der Waals surface area contributed by atoms with Crippen LogP contribution in [0, 0.1) is 0 Å². The third-order valence-corrected chi connectivity index (χ3v) is 4.91. The molecule has 0 aliphatic carbocycles. The molecule has 0 amide bonds. The molecule has 0 heterocycles. The number of allylic oxidation sites excluding steroid dienone is 5. The van der Waals surface area contributed by atoms with E-state index >= 15 is 0 Å². The van der Waals surface area contributed by atoms with E-state index in [-0.39, 0.29) is 0 Å². The topological polar surface area (TPSA) is 37.3 Å². The van der Waals surface area contributed by atoms with Crippen molar-refractivity contribution in [2.45, 2.75) is 58.3 Å². The molecule has 0 aliphatic rings. The maximum absolute atomic E-state index is 11.2. The van der Waals surface area contributed by atoms with E-state index in [2.05, 4.69) is 45.9 Å². The minimum absolute atomic E-state index is 0.383. The van der Waals surface area contributed by atoms with Gasteiger partial charge in [0, 0.05) is 10.6 Å². The third kappa shape index (κ3) is 9.35. The summed E-state index contributed by atoms with van der Waals surface area (Å²) in [5, 5.41) is 9.20. The van der Waals surface area contributed by atoms with Crippen molar-refractivity contribution in [3.63, 3.8) is 0 Å². The first-order valence-corrected chi connectivity index (χ1v) is 9.78. The van der Waals surface area contributed by atoms with Crippen molar-refractivity contribution in [2.75, 3.05) is 5.75 Å². The monoisotopic (exact) mass is 358 g/mol. The molecule has 136 valence electrons. The van der Waals surface area contributed by atoms with Gasteiger partial charge in [0.05, 0.1) is 5.56 Å². The third-order valence-electron chi connectivity index (χ3n) is 3.91. The lowest BCUT2D eigenvalue weighted by Crippen LogP contribution is -1.98. The molecular weight excluding hydrogens is 328 g/mol. The summed E-state index contributed by atoms with van der Waals surface area (Å²) in [7, 11) is 0. The Hall–Kier alpha value is -1.74. The standard InChI is InChI=1S/C22H30O2S/c1-17(2)9-7-10-18(3)11-8-12-19(4)15-16-25-21-14-6-5-13-20(21)22(23)24/h5-6,9,11,13-15H,7-8,10,12,16H2,1-4H3,(H,23,24)/b18-11-,19-15-. The number of rotatable bonds is 10. The molecule has 0 atom stereocenters. The Morgan fingerprint density at radius 2 is 1.56 bits per heavy atom. The smallest absolute Gasteiger partial charge is 0.336 e. The summed E-state index contributed by atoms with van der Waals surface area (Å²) in [6, 6.07) is 7.18. The number of hydrogen-bond donors (Lipinski definition) is 1. The molecule has 3 heteroatoms. The summed E-state index contributed by atoms with van der Waals surface area (Å²) in [5.41, 5.74) is 4.57. The molecular formula is C22H30O2S. The van der Waals surface area contributed by atoms with Crippen LogP contribution in [0.25, 0.3) is 0 Å². The highest BCUT2D eigenvalue weighted by Crippen LogP contribution is 2.23. The van der Waals surface area contributed by atoms with Gasteiger partial charge < -0.3 is 5.11 Å². The average Bonchev–Trinajstić information content (AvgIpc) is 2.54. The zero-order chi connectivity index (χ0) is 18.7. The van der Waals surface area contributed by atoms with Crippen LogP contribution in [0.5, 0.6) is 0 Å². The molecule has 1 aromatic rings. The van der Waals surface area contributed by atoms with Crippen LogP contribution in [0.4, 0.5) is 0 Å². The predicted octanol–water partition coefficient (Wildman–Crippen LogP) is 6.90. The number of thioether (sulfide) groups is 1. The number of aromatic carboxylic acids is 1. The van der Waals surface area contributed by atoms with Crippen molar-refractivity contribution in [3.05, 3.63) is 64.8 Å². The molecule has 0 saturated carbocycles. The van der Waals surface area contributed by atoms with Crippen LogP contribution in [0.1, 0.15) is 63.7 Å². The Kier molecular flexibility index (Phi) is 10.0. The van der Waals surface area contributed by atoms with E-state index in [9.17, 15) is 9.90 Å². The number of carboxylic acids is 1. The van der Waals surface area contributed by atoms with E-state index in [1.165, 1.54) is 16.7 Å². The highest BCUT2D eigenvalue weighted by molar-refractivity contribution is 7.99. The highest BCUT2D eigenvalue weighted by Gasteiger charge is 2.08. The fourth-order valence-corrected chi connectivity index (χ4v) is 3.41. The van der Waals surface area contributed by atoms with Crippen LogP contribution in [0.3, 0.4) is 0 Å². The van der Waals surface area contributed by atoms with Gasteiger partial charge in [-0.2, -0.15) is 0 Å². The summed E-state index contributed by atoms with van der Waals surface area (Å²) in [4.78, 5) is 12.0. The van der Waals surface area contributed by atoms with Gasteiger partial charge >= 0.3 is 5.97 Å². The largest absolute Gasteiger partial charge is 0.478 e. The van der Waals surface area contributed by atoms with Gasteiger partial charge in [-0.3, -0.25) is 0 Å². The van der Waals surface area contributed by atoms with Gasteiger partial charge in [0.1, 0.15) is 0 Å². The summed E-state index contributed by atoms with van der Waals surface area (Å²) < 4.78 is 0. The first-order valence-electron chi connectivity index (χ1n) is 8.80. The number of carboxylic acid groups (broad SMARTS) is 1. The van der Waals surface area contributed by atoms with Gasteiger partial charge in [0.2, 0.25) is 0 Å². The van der Waals surface area contributed by atoms with E-state index in [0.29, 0.717) is 5.56 Å². The van der Waals surface area contributed by atoms with Crippen LogP contribution in [0.2, 0.25) is 0 Å². The second-order valence-electron chi connectivity index (χ2n) is 6.57. The molecule has 0 bridgehead atoms. The van der Waals surface area contributed by atoms with Crippen molar-refractivity contribution in [2.24, 2.45) is 0 Å². The first kappa shape index (κ1) is 21.3. The van der Waals surface area contributed by atoms with Gasteiger partial charge in [-0.05, 0) is 65.5 Å². The lowest BCUT2D eigenvalue weighted by Gasteiger charge is -2.04. The first-order chi connectivity index (χ1) is 11.9. The maximum atomic E-state index is 11.2. The molecule has 0 spiro atoms. The molecule has 0 unspecified atom stereocenters. The van der Waals surface area contributed by atoms with Gasteiger partial charge in [-0.15, -0.1) is 11.8 Å². The average molecular weight is 359 g/mol. The molecule has 0 saturated heterocycles. The molecule has 1 aromatic carbocycles. The Balaban J connectivity index is 2.39. The Morgan fingerprint density at radius 3 is 2.20 bits per heavy atom. The quantitative estimate of drug-likeness (QED) is 0.365. The summed E-state index contributed by atoms with van der Waals surface area (Å²) in [5.74, 6) is -0.0584. The lowest BCUT2D eigenvalue weighted by molar-refractivity contribution is 0.0693. The summed E-state index contributed by atoms with van der Waals surface area (Å²) in [6.07, 6.45) is 11.2. The van der Waals surface area contributed by atoms with Gasteiger partial charge in [0.25, 0.3) is 0 Å². The number of benzene rings is 1. The van der Waals surface area contributed by atoms with E-state index < -0.39 is 5.97 Å². The Morgan fingerprint density at radius 1 is 0.960 bits per heavy atom. The van der Waals surface area contributed by atoms with Crippen molar-refractivity contribution in [3.8, 4) is 0 Å². The van der Waals surface area contributed by atoms with Crippen LogP contribution in [0.15, 0.2) is 64.1 Å². The van der Waals surface area contributed by atoms with Crippen LogP contribution in [-0.2, 0) is 0 Å². The second kappa shape index (κ2) is 11.8. The Labute approximate surface area is 156 Å². The van der Waals surface area contributed by atoms with E-state index in [1.54, 1.807) is 23.9 Å². The fourth-order valence-electron chi connectivity index (χ4n) is 2.38. The normalized spacial score (nSPS) is 12.2. The van der Waals surface area contributed by atoms with Crippen molar-refractivity contribution in [1.29, 1.82) is 0 Å². The van der Waals surface area contributed by atoms with Gasteiger partial charge in [-0.25, -0.2) is 4.79 Å². The van der Waals surface area contributed by atoms with E-state index in [0.717, 1.165) is 36.3 Å². The lowest BCUT2D eigenvalue weighted by atomic mass is 10.1. The molecule has 0 fully saturated rings. The fraction of sp³-hybridized carbons (Fsp3) is 0.409. The van der Waals surface area contributed by atoms with Gasteiger partial charge in [-0.1, -0.05) is 47.1 Å². The molecule has 25 heavy (non-hydrogen) atoms. The van der Waals surface area contributed by atoms with E-state index in [4.69, 9.17) is 0 Å². The van der Waals surface area contributed by atoms with Crippen molar-refractivity contribution >= 4 is 17.7 Å². The molecule has 1 rings (SSSR count). The van der Waals surface area contributed by atoms with Gasteiger partial charge in [0.15, 0.2) is 0 Å². The van der Waals surface area contributed by atoms with Crippen molar-refractivity contribution < 1.29 is 9.90 Å². The SMILES string of the molecule is CC(C)=CCC/C(C)=C\CC/C(C)=C\CSc1ccccc1C(=O)O. The maximum Gasteiger partial charge on any atom is 0.336 e. The van der Waals surface area contributed by atoms with Crippen molar-refractivity contribution in [1.82, 2.24) is 0 Å². The Bertz CT molecular complexity index is 650. The minimum atomic E-state index is -0.863. The molecule has 0 aromatic heterocycles. The molecule has 1 N–H and O–H groups in total. The van der Waals surface area contributed by atoms with Crippen LogP contribution >= 0.6 is 11.8 Å². The van der Waals surface area contributed by atoms with Crippen LogP contribution < -0.4 is 0 Å².